The lowest BCUT2D eigenvalue weighted by molar-refractivity contribution is -0.140. The van der Waals surface area contributed by atoms with Crippen LogP contribution < -0.4 is 4.74 Å². The predicted octanol–water partition coefficient (Wildman–Crippen LogP) is 5.56. The molecule has 34 heavy (non-hydrogen) atoms. The van der Waals surface area contributed by atoms with E-state index in [1.165, 1.54) is 4.90 Å². The van der Waals surface area contributed by atoms with Gasteiger partial charge in [-0.25, -0.2) is 0 Å². The van der Waals surface area contributed by atoms with E-state index in [-0.39, 0.29) is 24.0 Å². The number of Topliss-reactive ketones (excluding diaryl/α,β-unsaturated/α-hetero) is 1. The number of carbonyl (C=O) groups excluding carboxylic acids is 2. The second kappa shape index (κ2) is 9.81. The van der Waals surface area contributed by atoms with E-state index < -0.39 is 17.7 Å². The minimum absolute atomic E-state index is 0.00692. The second-order valence-corrected chi connectivity index (χ2v) is 9.41. The van der Waals surface area contributed by atoms with Crippen LogP contribution in [0.2, 0.25) is 0 Å². The van der Waals surface area contributed by atoms with Gasteiger partial charge in [0.1, 0.15) is 11.5 Å². The van der Waals surface area contributed by atoms with Gasteiger partial charge in [0.2, 0.25) is 0 Å². The van der Waals surface area contributed by atoms with Crippen molar-refractivity contribution in [1.29, 1.82) is 0 Å². The monoisotopic (exact) mass is 520 g/mol. The molecule has 1 aromatic heterocycles. The lowest BCUT2D eigenvalue weighted by Gasteiger charge is -2.25. The van der Waals surface area contributed by atoms with E-state index in [2.05, 4.69) is 20.9 Å². The van der Waals surface area contributed by atoms with Gasteiger partial charge in [0.05, 0.1) is 17.7 Å². The first-order chi connectivity index (χ1) is 16.3. The highest BCUT2D eigenvalue weighted by molar-refractivity contribution is 9.10. The van der Waals surface area contributed by atoms with E-state index in [0.29, 0.717) is 11.3 Å². The summed E-state index contributed by atoms with van der Waals surface area (Å²) in [5, 5.41) is 11.3. The molecule has 3 aromatic rings. The first-order valence-corrected chi connectivity index (χ1v) is 11.8. The molecule has 1 fully saturated rings. The van der Waals surface area contributed by atoms with Gasteiger partial charge in [-0.1, -0.05) is 34.1 Å². The molecule has 0 bridgehead atoms. The average Bonchev–Trinajstić information content (AvgIpc) is 3.05. The second-order valence-electron chi connectivity index (χ2n) is 8.49. The molecular weight excluding hydrogens is 496 g/mol. The number of aliphatic hydroxyl groups is 1. The third-order valence-corrected chi connectivity index (χ3v) is 6.08. The average molecular weight is 521 g/mol. The lowest BCUT2D eigenvalue weighted by Crippen LogP contribution is -2.29. The van der Waals surface area contributed by atoms with Crippen LogP contribution in [0.25, 0.3) is 5.76 Å². The number of amides is 1. The fourth-order valence-electron chi connectivity index (χ4n) is 4.09. The van der Waals surface area contributed by atoms with Gasteiger partial charge in [0.15, 0.2) is 0 Å². The number of pyridine rings is 1. The van der Waals surface area contributed by atoms with E-state index in [1.54, 1.807) is 36.7 Å². The van der Waals surface area contributed by atoms with Crippen molar-refractivity contribution in [3.05, 3.63) is 99.3 Å². The Morgan fingerprint density at radius 1 is 1.15 bits per heavy atom. The Labute approximate surface area is 207 Å². The van der Waals surface area contributed by atoms with Crippen LogP contribution >= 0.6 is 15.9 Å². The summed E-state index contributed by atoms with van der Waals surface area (Å²) < 4.78 is 6.60. The van der Waals surface area contributed by atoms with Gasteiger partial charge in [-0.2, -0.15) is 0 Å². The van der Waals surface area contributed by atoms with Crippen molar-refractivity contribution in [3.63, 3.8) is 0 Å². The number of nitrogens with zero attached hydrogens (tertiary/aromatic N) is 2. The molecule has 2 aromatic carbocycles. The zero-order valence-electron chi connectivity index (χ0n) is 19.2. The van der Waals surface area contributed by atoms with Crippen molar-refractivity contribution in [2.24, 2.45) is 0 Å². The van der Waals surface area contributed by atoms with Gasteiger partial charge in [0, 0.05) is 29.0 Å². The van der Waals surface area contributed by atoms with Crippen molar-refractivity contribution in [2.75, 3.05) is 0 Å². The summed E-state index contributed by atoms with van der Waals surface area (Å²) >= 11 is 3.47. The summed E-state index contributed by atoms with van der Waals surface area (Å²) in [7, 11) is 0. The molecule has 1 amide bonds. The number of aryl methyl sites for hydroxylation is 1. The van der Waals surface area contributed by atoms with E-state index in [1.807, 2.05) is 51.1 Å². The Morgan fingerprint density at radius 2 is 1.94 bits per heavy atom. The maximum atomic E-state index is 13.2. The van der Waals surface area contributed by atoms with Gasteiger partial charge < -0.3 is 14.7 Å². The molecular formula is C27H25BrN2O4. The normalized spacial score (nSPS) is 17.4. The first kappa shape index (κ1) is 23.7. The highest BCUT2D eigenvalue weighted by Gasteiger charge is 2.46. The van der Waals surface area contributed by atoms with E-state index in [9.17, 15) is 14.7 Å². The number of carbonyl (C=O) groups is 2. The fraction of sp³-hybridized carbons (Fsp3) is 0.222. The number of hydrogen-bond donors (Lipinski definition) is 1. The minimum atomic E-state index is -0.746. The third kappa shape index (κ3) is 4.75. The van der Waals surface area contributed by atoms with Crippen molar-refractivity contribution >= 4 is 33.4 Å². The highest BCUT2D eigenvalue weighted by atomic mass is 79.9. The zero-order chi connectivity index (χ0) is 24.4. The van der Waals surface area contributed by atoms with Crippen LogP contribution in [0.15, 0.2) is 77.0 Å². The molecule has 0 aliphatic carbocycles. The smallest absolute Gasteiger partial charge is 0.295 e. The maximum Gasteiger partial charge on any atom is 0.295 e. The van der Waals surface area contributed by atoms with Gasteiger partial charge in [0.25, 0.3) is 11.7 Å². The molecule has 0 saturated carbocycles. The summed E-state index contributed by atoms with van der Waals surface area (Å²) in [6, 6.07) is 15.5. The van der Waals surface area contributed by atoms with Crippen LogP contribution in [-0.2, 0) is 16.1 Å². The molecule has 2 heterocycles. The molecule has 1 unspecified atom stereocenters. The molecule has 174 valence electrons. The van der Waals surface area contributed by atoms with Gasteiger partial charge >= 0.3 is 0 Å². The summed E-state index contributed by atoms with van der Waals surface area (Å²) in [6.07, 6.45) is 3.32. The summed E-state index contributed by atoms with van der Waals surface area (Å²) in [4.78, 5) is 32.0. The molecule has 7 heteroatoms. The van der Waals surface area contributed by atoms with Crippen molar-refractivity contribution in [1.82, 2.24) is 9.88 Å². The Kier molecular flexibility index (Phi) is 6.84. The fourth-order valence-corrected chi connectivity index (χ4v) is 4.51. The van der Waals surface area contributed by atoms with Crippen LogP contribution in [0.5, 0.6) is 5.75 Å². The number of likely N-dealkylation sites (tertiary alicyclic amines) is 1. The van der Waals surface area contributed by atoms with Gasteiger partial charge in [-0.3, -0.25) is 14.6 Å². The third-order valence-electron chi connectivity index (χ3n) is 5.59. The van der Waals surface area contributed by atoms with Crippen LogP contribution in [0.4, 0.5) is 0 Å². The summed E-state index contributed by atoms with van der Waals surface area (Å²) in [6.45, 7) is 5.94. The van der Waals surface area contributed by atoms with Gasteiger partial charge in [-0.15, -0.1) is 0 Å². The number of benzene rings is 2. The van der Waals surface area contributed by atoms with Crippen LogP contribution in [0, 0.1) is 6.92 Å². The molecule has 1 aliphatic rings. The first-order valence-electron chi connectivity index (χ1n) is 11.0. The number of ether oxygens (including phenoxy) is 1. The Morgan fingerprint density at radius 3 is 2.59 bits per heavy atom. The molecule has 1 atom stereocenters. The van der Waals surface area contributed by atoms with Crippen LogP contribution in [0.1, 0.15) is 42.1 Å². The molecule has 6 nitrogen and oxygen atoms in total. The van der Waals surface area contributed by atoms with Crippen LogP contribution in [-0.4, -0.2) is 32.8 Å². The zero-order valence-corrected chi connectivity index (χ0v) is 20.7. The summed E-state index contributed by atoms with van der Waals surface area (Å²) in [5.74, 6) is -0.887. The topological polar surface area (TPSA) is 79.7 Å². The molecule has 0 spiro atoms. The van der Waals surface area contributed by atoms with Crippen molar-refractivity contribution in [2.45, 2.75) is 39.5 Å². The van der Waals surface area contributed by atoms with Crippen molar-refractivity contribution in [3.8, 4) is 5.75 Å². The van der Waals surface area contributed by atoms with E-state index >= 15 is 0 Å². The van der Waals surface area contributed by atoms with E-state index in [4.69, 9.17) is 4.74 Å². The largest absolute Gasteiger partial charge is 0.507 e. The number of aliphatic hydroxyl groups excluding tert-OH is 1. The lowest BCUT2D eigenvalue weighted by atomic mass is 9.94. The highest BCUT2D eigenvalue weighted by Crippen LogP contribution is 2.41. The maximum absolute atomic E-state index is 13.2. The molecule has 4 rings (SSSR count). The number of hydrogen-bond acceptors (Lipinski definition) is 5. The summed E-state index contributed by atoms with van der Waals surface area (Å²) in [5.41, 5.74) is 2.84. The Balaban J connectivity index is 1.83. The van der Waals surface area contributed by atoms with Gasteiger partial charge in [-0.05, 0) is 73.9 Å². The minimum Gasteiger partial charge on any atom is -0.507 e. The number of rotatable bonds is 6. The molecule has 0 radical (unpaired) electrons. The SMILES string of the molecule is Cc1cc(/C(O)=C2/C(=O)C(=O)N(Cc3cccnc3)C2c2cccc(Br)c2)ccc1OC(C)C. The molecule has 1 saturated heterocycles. The number of ketones is 1. The van der Waals surface area contributed by atoms with Crippen LogP contribution in [0.3, 0.4) is 0 Å². The number of aromatic nitrogens is 1. The van der Waals surface area contributed by atoms with Crippen molar-refractivity contribution < 1.29 is 19.4 Å². The predicted molar refractivity (Wildman–Crippen MR) is 133 cm³/mol. The quantitative estimate of drug-likeness (QED) is 0.261. The number of halogens is 1. The molecule has 1 aliphatic heterocycles. The molecule has 1 N–H and O–H groups in total. The standard InChI is InChI=1S/C27H25BrN2O4/c1-16(2)34-22-10-9-20(12-17(22)3)25(31)23-24(19-7-4-8-21(28)13-19)30(27(33)26(23)32)15-18-6-5-11-29-14-18/h4-14,16,24,31H,15H2,1-3H3/b25-23-. The Hall–Kier alpha value is -3.45. The van der Waals surface area contributed by atoms with E-state index in [0.717, 1.165) is 21.2 Å². The Bertz CT molecular complexity index is 1270.